The summed E-state index contributed by atoms with van der Waals surface area (Å²) >= 11 is 6.15. The van der Waals surface area contributed by atoms with Crippen molar-refractivity contribution in [2.24, 2.45) is 0 Å². The van der Waals surface area contributed by atoms with Crippen molar-refractivity contribution in [3.63, 3.8) is 0 Å². The predicted octanol–water partition coefficient (Wildman–Crippen LogP) is 2.39. The molecule has 2 saturated heterocycles. The SMILES string of the molecule is COC(=O)C1(Cl)OC1C1OC(C)(C)OC1c1ccccc1. The highest BCUT2D eigenvalue weighted by atomic mass is 35.5. The van der Waals surface area contributed by atoms with Gasteiger partial charge in [-0.2, -0.15) is 0 Å². The summed E-state index contributed by atoms with van der Waals surface area (Å²) in [5, 5.41) is -1.48. The fourth-order valence-electron chi connectivity index (χ4n) is 2.64. The highest BCUT2D eigenvalue weighted by Crippen LogP contribution is 2.52. The van der Waals surface area contributed by atoms with Crippen LogP contribution in [0.25, 0.3) is 0 Å². The van der Waals surface area contributed by atoms with Crippen LogP contribution >= 0.6 is 11.6 Å². The first kappa shape index (κ1) is 14.8. The third-order valence-electron chi connectivity index (χ3n) is 3.63. The van der Waals surface area contributed by atoms with Gasteiger partial charge in [-0.15, -0.1) is 0 Å². The highest BCUT2D eigenvalue weighted by Gasteiger charge is 2.70. The maximum absolute atomic E-state index is 11.7. The lowest BCUT2D eigenvalue weighted by atomic mass is 10.0. The maximum Gasteiger partial charge on any atom is 0.357 e. The number of hydrogen-bond acceptors (Lipinski definition) is 5. The Labute approximate surface area is 128 Å². The molecule has 4 unspecified atom stereocenters. The number of benzene rings is 1. The number of carbonyl (C=O) groups excluding carboxylic acids is 1. The molecule has 6 heteroatoms. The van der Waals surface area contributed by atoms with E-state index >= 15 is 0 Å². The lowest BCUT2D eigenvalue weighted by Crippen LogP contribution is -2.32. The average molecular weight is 313 g/mol. The molecule has 2 heterocycles. The fraction of sp³-hybridized carbons (Fsp3) is 0.533. The van der Waals surface area contributed by atoms with Gasteiger partial charge in [0.2, 0.25) is 0 Å². The third-order valence-corrected chi connectivity index (χ3v) is 4.08. The molecule has 0 N–H and O–H groups in total. The summed E-state index contributed by atoms with van der Waals surface area (Å²) in [6.07, 6.45) is -1.42. The maximum atomic E-state index is 11.7. The van der Waals surface area contributed by atoms with E-state index in [1.54, 1.807) is 0 Å². The van der Waals surface area contributed by atoms with Crippen LogP contribution in [0.1, 0.15) is 25.5 Å². The topological polar surface area (TPSA) is 57.3 Å². The third kappa shape index (κ3) is 2.55. The van der Waals surface area contributed by atoms with E-state index < -0.39 is 29.0 Å². The molecule has 0 bridgehead atoms. The van der Waals surface area contributed by atoms with Gasteiger partial charge in [0, 0.05) is 0 Å². The van der Waals surface area contributed by atoms with Crippen molar-refractivity contribution in [2.75, 3.05) is 7.11 Å². The van der Waals surface area contributed by atoms with Crippen LogP contribution in [0.15, 0.2) is 30.3 Å². The van der Waals surface area contributed by atoms with E-state index in [0.29, 0.717) is 0 Å². The first-order chi connectivity index (χ1) is 9.87. The Bertz CT molecular complexity index is 546. The van der Waals surface area contributed by atoms with Crippen LogP contribution in [0, 0.1) is 0 Å². The van der Waals surface area contributed by atoms with Crippen molar-refractivity contribution in [3.8, 4) is 0 Å². The molecule has 0 amide bonds. The lowest BCUT2D eigenvalue weighted by Gasteiger charge is -2.16. The van der Waals surface area contributed by atoms with E-state index in [0.717, 1.165) is 5.56 Å². The van der Waals surface area contributed by atoms with Gasteiger partial charge in [0.05, 0.1) is 7.11 Å². The van der Waals surface area contributed by atoms with Gasteiger partial charge in [0.1, 0.15) is 18.3 Å². The van der Waals surface area contributed by atoms with Crippen LogP contribution in [-0.4, -0.2) is 36.1 Å². The zero-order valence-corrected chi connectivity index (χ0v) is 12.8. The number of halogens is 1. The molecule has 0 saturated carbocycles. The average Bonchev–Trinajstić information content (AvgIpc) is 3.05. The van der Waals surface area contributed by atoms with E-state index in [2.05, 4.69) is 4.74 Å². The highest BCUT2D eigenvalue weighted by molar-refractivity contribution is 6.35. The fourth-order valence-corrected chi connectivity index (χ4v) is 2.94. The van der Waals surface area contributed by atoms with Crippen LogP contribution in [0.2, 0.25) is 0 Å². The summed E-state index contributed by atoms with van der Waals surface area (Å²) in [7, 11) is 1.27. The van der Waals surface area contributed by atoms with Crippen molar-refractivity contribution < 1.29 is 23.7 Å². The van der Waals surface area contributed by atoms with Crippen LogP contribution in [-0.2, 0) is 23.7 Å². The molecule has 1 aromatic carbocycles. The zero-order chi connectivity index (χ0) is 15.3. The summed E-state index contributed by atoms with van der Waals surface area (Å²) < 4.78 is 21.9. The zero-order valence-electron chi connectivity index (χ0n) is 12.0. The van der Waals surface area contributed by atoms with E-state index in [4.69, 9.17) is 25.8 Å². The molecule has 114 valence electrons. The van der Waals surface area contributed by atoms with Gasteiger partial charge in [-0.1, -0.05) is 41.9 Å². The van der Waals surface area contributed by atoms with Crippen LogP contribution in [0.5, 0.6) is 0 Å². The quantitative estimate of drug-likeness (QED) is 0.487. The molecular formula is C15H17ClO5. The van der Waals surface area contributed by atoms with Gasteiger partial charge >= 0.3 is 5.97 Å². The number of epoxide rings is 1. The van der Waals surface area contributed by atoms with Gasteiger partial charge in [-0.05, 0) is 19.4 Å². The molecule has 0 aromatic heterocycles. The molecule has 1 aromatic rings. The summed E-state index contributed by atoms with van der Waals surface area (Å²) in [6, 6.07) is 9.65. The second-order valence-electron chi connectivity index (χ2n) is 5.61. The molecule has 0 spiro atoms. The number of hydrogen-bond donors (Lipinski definition) is 0. The first-order valence-electron chi connectivity index (χ1n) is 6.73. The van der Waals surface area contributed by atoms with Gasteiger partial charge in [-0.25, -0.2) is 4.79 Å². The minimum atomic E-state index is -1.48. The summed E-state index contributed by atoms with van der Waals surface area (Å²) in [5.41, 5.74) is 0.951. The van der Waals surface area contributed by atoms with Gasteiger partial charge < -0.3 is 18.9 Å². The summed E-state index contributed by atoms with van der Waals surface area (Å²) in [6.45, 7) is 3.64. The van der Waals surface area contributed by atoms with Crippen LogP contribution in [0.3, 0.4) is 0 Å². The van der Waals surface area contributed by atoms with E-state index in [1.165, 1.54) is 7.11 Å². The Morgan fingerprint density at radius 3 is 2.48 bits per heavy atom. The number of alkyl halides is 1. The van der Waals surface area contributed by atoms with Gasteiger partial charge in [0.15, 0.2) is 5.79 Å². The monoisotopic (exact) mass is 312 g/mol. The number of methoxy groups -OCH3 is 1. The number of ether oxygens (including phenoxy) is 4. The first-order valence-corrected chi connectivity index (χ1v) is 7.11. The lowest BCUT2D eigenvalue weighted by molar-refractivity contribution is -0.149. The smallest absolute Gasteiger partial charge is 0.357 e. The van der Waals surface area contributed by atoms with Crippen LogP contribution in [0.4, 0.5) is 0 Å². The van der Waals surface area contributed by atoms with Crippen molar-refractivity contribution in [1.29, 1.82) is 0 Å². The molecule has 2 aliphatic rings. The molecule has 5 nitrogen and oxygen atoms in total. The van der Waals surface area contributed by atoms with E-state index in [1.807, 2.05) is 44.2 Å². The number of carbonyl (C=O) groups is 1. The second kappa shape index (κ2) is 4.95. The Hall–Kier alpha value is -1.14. The minimum Gasteiger partial charge on any atom is -0.466 e. The van der Waals surface area contributed by atoms with Crippen LogP contribution < -0.4 is 0 Å². The molecule has 2 aliphatic heterocycles. The Balaban J connectivity index is 1.85. The Kier molecular flexibility index (Phi) is 3.48. The number of rotatable bonds is 3. The van der Waals surface area contributed by atoms with Crippen molar-refractivity contribution in [3.05, 3.63) is 35.9 Å². The molecule has 3 rings (SSSR count). The standard InChI is InChI=1S/C15H17ClO5/c1-14(2)19-10(9-7-5-4-6-8-9)11(20-14)12-15(16,21-12)13(17)18-3/h4-8,10-12H,1-3H3. The predicted molar refractivity (Wildman–Crippen MR) is 74.7 cm³/mol. The van der Waals surface area contributed by atoms with Crippen molar-refractivity contribution in [2.45, 2.75) is 43.0 Å². The molecule has 21 heavy (non-hydrogen) atoms. The molecule has 4 atom stereocenters. The molecule has 2 fully saturated rings. The summed E-state index contributed by atoms with van der Waals surface area (Å²) in [5.74, 6) is -1.39. The van der Waals surface area contributed by atoms with Crippen molar-refractivity contribution in [1.82, 2.24) is 0 Å². The second-order valence-corrected chi connectivity index (χ2v) is 6.17. The summed E-state index contributed by atoms with van der Waals surface area (Å²) in [4.78, 5) is 11.7. The minimum absolute atomic E-state index is 0.350. The Morgan fingerprint density at radius 2 is 1.86 bits per heavy atom. The largest absolute Gasteiger partial charge is 0.466 e. The van der Waals surface area contributed by atoms with Gasteiger partial charge in [0.25, 0.3) is 5.06 Å². The molecular weight excluding hydrogens is 296 g/mol. The normalized spacial score (nSPS) is 37.2. The number of esters is 1. The van der Waals surface area contributed by atoms with Gasteiger partial charge in [-0.3, -0.25) is 0 Å². The Morgan fingerprint density at radius 1 is 1.19 bits per heavy atom. The van der Waals surface area contributed by atoms with Crippen molar-refractivity contribution >= 4 is 17.6 Å². The van der Waals surface area contributed by atoms with E-state index in [9.17, 15) is 4.79 Å². The van der Waals surface area contributed by atoms with E-state index in [-0.39, 0.29) is 6.10 Å². The molecule has 0 aliphatic carbocycles. The molecule has 0 radical (unpaired) electrons.